The molecule has 3 heterocycles. The van der Waals surface area contributed by atoms with Crippen LogP contribution in [0.5, 0.6) is 0 Å². The Labute approximate surface area is 185 Å². The number of carbonyl (C=O) groups excluding carboxylic acids is 2. The fourth-order valence-electron chi connectivity index (χ4n) is 5.40. The number of nitrogens with zero attached hydrogens (tertiary/aromatic N) is 2. The van der Waals surface area contributed by atoms with Crippen molar-refractivity contribution in [1.82, 2.24) is 19.8 Å². The molecule has 1 aromatic heterocycles. The van der Waals surface area contributed by atoms with E-state index in [4.69, 9.17) is 4.74 Å². The van der Waals surface area contributed by atoms with Crippen LogP contribution in [0.4, 0.5) is 4.39 Å². The van der Waals surface area contributed by atoms with Crippen molar-refractivity contribution in [2.45, 2.75) is 56.3 Å². The lowest BCUT2D eigenvalue weighted by Crippen LogP contribution is -2.44. The number of halogens is 1. The lowest BCUT2D eigenvalue weighted by molar-refractivity contribution is -0.135. The molecular weight excluding hydrogens is 415 g/mol. The predicted molar refractivity (Wildman–Crippen MR) is 116 cm³/mol. The Morgan fingerprint density at radius 1 is 1.19 bits per heavy atom. The summed E-state index contributed by atoms with van der Waals surface area (Å²) in [4.78, 5) is 37.0. The molecule has 1 unspecified atom stereocenters. The normalized spacial score (nSPS) is 30.9. The Hall–Kier alpha value is -2.52. The topological polar surface area (TPSA) is 94.4 Å². The van der Waals surface area contributed by atoms with Gasteiger partial charge in [-0.1, -0.05) is 12.1 Å². The van der Waals surface area contributed by atoms with Crippen molar-refractivity contribution >= 4 is 22.8 Å². The number of alkyl halides is 1. The zero-order valence-electron chi connectivity index (χ0n) is 18.2. The number of imidazole rings is 1. The summed E-state index contributed by atoms with van der Waals surface area (Å²) in [5.41, 5.74) is 2.41. The minimum Gasteiger partial charge on any atom is -0.375 e. The zero-order chi connectivity index (χ0) is 22.4. The van der Waals surface area contributed by atoms with Crippen LogP contribution in [0.1, 0.15) is 49.6 Å². The van der Waals surface area contributed by atoms with Gasteiger partial charge in [-0.25, -0.2) is 9.18 Å². The van der Waals surface area contributed by atoms with Gasteiger partial charge in [0.15, 0.2) is 0 Å². The zero-order valence-corrected chi connectivity index (χ0v) is 18.2. The SMILES string of the molecule is Cn1c(=O)n(C2CCC(=O)NC2=O)c2cccc([C@H]3C[C@H](CO[C@H]4CCNC[C@@H]4F)C3)c21. The Balaban J connectivity index is 1.33. The number of carbonyl (C=O) groups is 2. The number of benzene rings is 1. The molecule has 1 aliphatic carbocycles. The van der Waals surface area contributed by atoms with Crippen LogP contribution in [-0.2, 0) is 21.4 Å². The number of aromatic nitrogens is 2. The smallest absolute Gasteiger partial charge is 0.329 e. The number of ether oxygens (including phenoxy) is 1. The fraction of sp³-hybridized carbons (Fsp3) is 0.609. The molecule has 2 saturated heterocycles. The molecule has 1 saturated carbocycles. The van der Waals surface area contributed by atoms with Crippen LogP contribution in [0.15, 0.2) is 23.0 Å². The summed E-state index contributed by atoms with van der Waals surface area (Å²) in [6, 6.07) is 5.15. The number of para-hydroxylation sites is 1. The van der Waals surface area contributed by atoms with Gasteiger partial charge < -0.3 is 10.1 Å². The average molecular weight is 445 g/mol. The van der Waals surface area contributed by atoms with Gasteiger partial charge in [-0.2, -0.15) is 0 Å². The first-order chi connectivity index (χ1) is 15.4. The van der Waals surface area contributed by atoms with Crippen LogP contribution < -0.4 is 16.3 Å². The minimum atomic E-state index is -0.949. The molecule has 2 aromatic rings. The third-order valence-corrected chi connectivity index (χ3v) is 7.23. The van der Waals surface area contributed by atoms with Crippen molar-refractivity contribution in [2.75, 3.05) is 19.7 Å². The third kappa shape index (κ3) is 3.67. The predicted octanol–water partition coefficient (Wildman–Crippen LogP) is 1.53. The highest BCUT2D eigenvalue weighted by molar-refractivity contribution is 6.00. The van der Waals surface area contributed by atoms with E-state index in [0.717, 1.165) is 36.0 Å². The first kappa shape index (κ1) is 21.3. The van der Waals surface area contributed by atoms with Crippen molar-refractivity contribution in [3.8, 4) is 0 Å². The first-order valence-corrected chi connectivity index (χ1v) is 11.4. The van der Waals surface area contributed by atoms with E-state index in [0.29, 0.717) is 37.8 Å². The highest BCUT2D eigenvalue weighted by atomic mass is 19.1. The highest BCUT2D eigenvalue weighted by Gasteiger charge is 2.36. The van der Waals surface area contributed by atoms with Crippen LogP contribution in [0, 0.1) is 5.92 Å². The number of aryl methyl sites for hydroxylation is 1. The van der Waals surface area contributed by atoms with E-state index in [1.165, 1.54) is 4.57 Å². The molecule has 2 amide bonds. The van der Waals surface area contributed by atoms with Crippen LogP contribution in [0.25, 0.3) is 11.0 Å². The van der Waals surface area contributed by atoms with Crippen molar-refractivity contribution in [2.24, 2.45) is 13.0 Å². The summed E-state index contributed by atoms with van der Waals surface area (Å²) in [6.45, 7) is 1.71. The summed E-state index contributed by atoms with van der Waals surface area (Å²) >= 11 is 0. The van der Waals surface area contributed by atoms with E-state index in [1.54, 1.807) is 11.6 Å². The van der Waals surface area contributed by atoms with Crippen molar-refractivity contribution in [3.63, 3.8) is 0 Å². The largest absolute Gasteiger partial charge is 0.375 e. The molecule has 32 heavy (non-hydrogen) atoms. The molecule has 3 aliphatic rings. The molecule has 8 nitrogen and oxygen atoms in total. The number of fused-ring (bicyclic) bond motifs is 1. The highest BCUT2D eigenvalue weighted by Crippen LogP contribution is 2.44. The van der Waals surface area contributed by atoms with Crippen molar-refractivity contribution < 1.29 is 18.7 Å². The van der Waals surface area contributed by atoms with E-state index >= 15 is 0 Å². The van der Waals surface area contributed by atoms with E-state index in [2.05, 4.69) is 10.6 Å². The molecule has 3 fully saturated rings. The number of amides is 2. The number of hydrogen-bond acceptors (Lipinski definition) is 5. The lowest BCUT2D eigenvalue weighted by atomic mass is 9.71. The average Bonchev–Trinajstić information content (AvgIpc) is 2.99. The maximum absolute atomic E-state index is 14.0. The molecule has 3 atom stereocenters. The maximum Gasteiger partial charge on any atom is 0.329 e. The van der Waals surface area contributed by atoms with E-state index in [-0.39, 0.29) is 24.1 Å². The molecule has 5 rings (SSSR count). The number of piperidine rings is 2. The van der Waals surface area contributed by atoms with Gasteiger partial charge in [0.25, 0.3) is 0 Å². The number of rotatable bonds is 5. The monoisotopic (exact) mass is 444 g/mol. The molecular formula is C23H29FN4O4. The minimum absolute atomic E-state index is 0.222. The summed E-state index contributed by atoms with van der Waals surface area (Å²) in [5, 5.41) is 5.39. The molecule has 2 aliphatic heterocycles. The van der Waals surface area contributed by atoms with Gasteiger partial charge in [-0.05, 0) is 55.7 Å². The maximum atomic E-state index is 14.0. The second-order valence-corrected chi connectivity index (χ2v) is 9.31. The number of imide groups is 1. The van der Waals surface area contributed by atoms with E-state index in [1.807, 2.05) is 18.2 Å². The number of hydrogen-bond donors (Lipinski definition) is 2. The summed E-state index contributed by atoms with van der Waals surface area (Å²) < 4.78 is 23.0. The summed E-state index contributed by atoms with van der Waals surface area (Å²) in [7, 11) is 1.73. The van der Waals surface area contributed by atoms with Gasteiger partial charge in [0.05, 0.1) is 17.1 Å². The van der Waals surface area contributed by atoms with Gasteiger partial charge in [-0.15, -0.1) is 0 Å². The van der Waals surface area contributed by atoms with Crippen molar-refractivity contribution in [1.29, 1.82) is 0 Å². The van der Waals surface area contributed by atoms with Crippen LogP contribution in [0.2, 0.25) is 0 Å². The third-order valence-electron chi connectivity index (χ3n) is 7.23. The van der Waals surface area contributed by atoms with E-state index < -0.39 is 18.1 Å². The second kappa shape index (κ2) is 8.44. The molecule has 0 bridgehead atoms. The van der Waals surface area contributed by atoms with Gasteiger partial charge in [0.2, 0.25) is 11.8 Å². The summed E-state index contributed by atoms with van der Waals surface area (Å²) in [5.74, 6) is -0.0472. The fourth-order valence-corrected chi connectivity index (χ4v) is 5.40. The Kier molecular flexibility index (Phi) is 5.63. The molecule has 172 valence electrons. The molecule has 0 radical (unpaired) electrons. The quantitative estimate of drug-likeness (QED) is 0.682. The Morgan fingerprint density at radius 3 is 2.75 bits per heavy atom. The van der Waals surface area contributed by atoms with Crippen LogP contribution >= 0.6 is 0 Å². The van der Waals surface area contributed by atoms with Crippen LogP contribution in [-0.4, -0.2) is 52.9 Å². The summed E-state index contributed by atoms with van der Waals surface area (Å²) in [6.07, 6.45) is 1.84. The van der Waals surface area contributed by atoms with E-state index in [9.17, 15) is 18.8 Å². The lowest BCUT2D eigenvalue weighted by Gasteiger charge is -2.37. The Morgan fingerprint density at radius 2 is 2.00 bits per heavy atom. The molecule has 1 aromatic carbocycles. The standard InChI is InChI=1S/C23H29FN4O4/c1-27-21-15(14-9-13(10-14)12-32-19-7-8-25-11-16(19)24)3-2-4-17(21)28(23(27)31)18-5-6-20(29)26-22(18)30/h2-4,13-14,16,18-19,25H,5-12H2,1H3,(H,26,29,30)/t13-,14-,16-,18?,19-/m0/s1. The molecule has 2 N–H and O–H groups in total. The second-order valence-electron chi connectivity index (χ2n) is 9.31. The van der Waals surface area contributed by atoms with Crippen molar-refractivity contribution in [3.05, 3.63) is 34.2 Å². The van der Waals surface area contributed by atoms with Gasteiger partial charge in [-0.3, -0.25) is 24.0 Å². The molecule has 9 heteroatoms. The number of nitrogens with one attached hydrogen (secondary N) is 2. The van der Waals surface area contributed by atoms with Gasteiger partial charge in [0, 0.05) is 26.6 Å². The van der Waals surface area contributed by atoms with Crippen LogP contribution in [0.3, 0.4) is 0 Å². The first-order valence-electron chi connectivity index (χ1n) is 11.4. The molecule has 0 spiro atoms. The Bertz CT molecular complexity index is 1100. The van der Waals surface area contributed by atoms with Gasteiger partial charge >= 0.3 is 5.69 Å². The van der Waals surface area contributed by atoms with Gasteiger partial charge in [0.1, 0.15) is 12.2 Å².